The van der Waals surface area contributed by atoms with Crippen LogP contribution in [-0.4, -0.2) is 6.54 Å². The van der Waals surface area contributed by atoms with Crippen LogP contribution >= 0.6 is 0 Å². The van der Waals surface area contributed by atoms with E-state index in [-0.39, 0.29) is 6.04 Å². The van der Waals surface area contributed by atoms with Crippen LogP contribution in [0.25, 0.3) is 0 Å². The highest BCUT2D eigenvalue weighted by Crippen LogP contribution is 2.35. The van der Waals surface area contributed by atoms with Gasteiger partial charge in [0.2, 0.25) is 0 Å². The van der Waals surface area contributed by atoms with Gasteiger partial charge in [-0.05, 0) is 25.0 Å². The summed E-state index contributed by atoms with van der Waals surface area (Å²) in [5.74, 6) is 0. The molecule has 0 aromatic heterocycles. The van der Waals surface area contributed by atoms with Crippen LogP contribution in [0.5, 0.6) is 0 Å². The Labute approximate surface area is 102 Å². The van der Waals surface area contributed by atoms with Gasteiger partial charge in [0, 0.05) is 18.4 Å². The van der Waals surface area contributed by atoms with E-state index in [9.17, 15) is 0 Å². The van der Waals surface area contributed by atoms with Crippen molar-refractivity contribution in [2.45, 2.75) is 26.3 Å². The molecule has 2 N–H and O–H groups in total. The van der Waals surface area contributed by atoms with Gasteiger partial charge in [0.25, 0.3) is 0 Å². The van der Waals surface area contributed by atoms with Gasteiger partial charge in [-0.15, -0.1) is 0 Å². The summed E-state index contributed by atoms with van der Waals surface area (Å²) in [6, 6.07) is 8.16. The number of nitriles is 1. The number of nitrogens with two attached hydrogens (primary N) is 1. The first-order valence-electron chi connectivity index (χ1n) is 5.92. The van der Waals surface area contributed by atoms with Crippen molar-refractivity contribution in [1.82, 2.24) is 0 Å². The maximum atomic E-state index is 9.12. The van der Waals surface area contributed by atoms with Crippen molar-refractivity contribution in [1.29, 1.82) is 5.26 Å². The minimum Gasteiger partial charge on any atom is -0.347 e. The molecule has 2 rings (SSSR count). The molecule has 1 atom stereocenters. The second kappa shape index (κ2) is 4.60. The standard InChI is InChI=1S/C14H17N3/c1-3-6-17-9-11(8-15)14(16)12-7-10(2)4-5-13(12)17/h4-5,7,9,14H,3,6,16H2,1-2H3. The van der Waals surface area contributed by atoms with Crippen LogP contribution in [0.2, 0.25) is 0 Å². The van der Waals surface area contributed by atoms with Crippen LogP contribution in [0.3, 0.4) is 0 Å². The molecule has 0 saturated carbocycles. The van der Waals surface area contributed by atoms with Crippen LogP contribution in [0, 0.1) is 18.3 Å². The SMILES string of the molecule is CCCN1C=C(C#N)C(N)c2cc(C)ccc21. The molecule has 1 aliphatic rings. The molecule has 0 amide bonds. The maximum Gasteiger partial charge on any atom is 0.0982 e. The second-order valence-corrected chi connectivity index (χ2v) is 4.43. The third-order valence-electron chi connectivity index (χ3n) is 3.05. The molecule has 1 aromatic carbocycles. The molecule has 88 valence electrons. The molecule has 1 heterocycles. The zero-order valence-corrected chi connectivity index (χ0v) is 10.3. The van der Waals surface area contributed by atoms with Crippen molar-refractivity contribution in [2.75, 3.05) is 11.4 Å². The van der Waals surface area contributed by atoms with E-state index in [1.165, 1.54) is 5.56 Å². The summed E-state index contributed by atoms with van der Waals surface area (Å²) in [6.07, 6.45) is 2.92. The Morgan fingerprint density at radius 1 is 1.47 bits per heavy atom. The number of hydrogen-bond acceptors (Lipinski definition) is 3. The highest BCUT2D eigenvalue weighted by atomic mass is 15.1. The molecule has 3 heteroatoms. The fourth-order valence-corrected chi connectivity index (χ4v) is 2.19. The van der Waals surface area contributed by atoms with Gasteiger partial charge in [-0.25, -0.2) is 0 Å². The van der Waals surface area contributed by atoms with Crippen LogP contribution in [-0.2, 0) is 0 Å². The lowest BCUT2D eigenvalue weighted by Gasteiger charge is -2.31. The summed E-state index contributed by atoms with van der Waals surface area (Å²) >= 11 is 0. The average molecular weight is 227 g/mol. The molecule has 3 nitrogen and oxygen atoms in total. The van der Waals surface area contributed by atoms with Gasteiger partial charge in [0.1, 0.15) is 0 Å². The third kappa shape index (κ3) is 2.04. The Hall–Kier alpha value is -1.79. The van der Waals surface area contributed by atoms with E-state index >= 15 is 0 Å². The Morgan fingerprint density at radius 3 is 2.88 bits per heavy atom. The normalized spacial score (nSPS) is 18.4. The third-order valence-corrected chi connectivity index (χ3v) is 3.05. The molecule has 0 fully saturated rings. The summed E-state index contributed by atoms with van der Waals surface area (Å²) in [4.78, 5) is 2.12. The summed E-state index contributed by atoms with van der Waals surface area (Å²) in [6.45, 7) is 5.08. The number of hydrogen-bond donors (Lipinski definition) is 1. The van der Waals surface area contributed by atoms with Gasteiger partial charge in [-0.2, -0.15) is 5.26 Å². The largest absolute Gasteiger partial charge is 0.347 e. The molecule has 0 saturated heterocycles. The van der Waals surface area contributed by atoms with Crippen LogP contribution in [0.15, 0.2) is 30.0 Å². The van der Waals surface area contributed by atoms with Crippen molar-refractivity contribution in [2.24, 2.45) is 5.73 Å². The van der Waals surface area contributed by atoms with E-state index in [1.54, 1.807) is 0 Å². The Bertz CT molecular complexity index is 497. The fraction of sp³-hybridized carbons (Fsp3) is 0.357. The molecule has 17 heavy (non-hydrogen) atoms. The maximum absolute atomic E-state index is 9.12. The Balaban J connectivity index is 2.51. The van der Waals surface area contributed by atoms with E-state index in [0.29, 0.717) is 5.57 Å². The van der Waals surface area contributed by atoms with Crippen LogP contribution in [0.4, 0.5) is 5.69 Å². The van der Waals surface area contributed by atoms with Crippen molar-refractivity contribution < 1.29 is 0 Å². The topological polar surface area (TPSA) is 53.0 Å². The zero-order valence-electron chi connectivity index (χ0n) is 10.3. The Morgan fingerprint density at radius 2 is 2.24 bits per heavy atom. The van der Waals surface area contributed by atoms with E-state index in [4.69, 9.17) is 11.0 Å². The summed E-state index contributed by atoms with van der Waals surface area (Å²) < 4.78 is 0. The second-order valence-electron chi connectivity index (χ2n) is 4.43. The predicted octanol–water partition coefficient (Wildman–Crippen LogP) is 2.63. The van der Waals surface area contributed by atoms with Gasteiger partial charge in [-0.3, -0.25) is 0 Å². The van der Waals surface area contributed by atoms with Gasteiger partial charge < -0.3 is 10.6 Å². The summed E-state index contributed by atoms with van der Waals surface area (Å²) in [7, 11) is 0. The van der Waals surface area contributed by atoms with Crippen LogP contribution < -0.4 is 10.6 Å². The van der Waals surface area contributed by atoms with E-state index in [1.807, 2.05) is 13.1 Å². The molecular weight excluding hydrogens is 210 g/mol. The highest BCUT2D eigenvalue weighted by molar-refractivity contribution is 5.64. The molecule has 0 bridgehead atoms. The number of fused-ring (bicyclic) bond motifs is 1. The molecule has 0 spiro atoms. The first-order chi connectivity index (χ1) is 8.17. The molecule has 1 unspecified atom stereocenters. The monoisotopic (exact) mass is 227 g/mol. The predicted molar refractivity (Wildman–Crippen MR) is 69.4 cm³/mol. The first kappa shape index (κ1) is 11.7. The van der Waals surface area contributed by atoms with Gasteiger partial charge >= 0.3 is 0 Å². The number of rotatable bonds is 2. The molecule has 1 aliphatic heterocycles. The lowest BCUT2D eigenvalue weighted by molar-refractivity contribution is 0.794. The fourth-order valence-electron chi connectivity index (χ4n) is 2.19. The first-order valence-corrected chi connectivity index (χ1v) is 5.92. The number of nitrogens with zero attached hydrogens (tertiary/aromatic N) is 2. The lowest BCUT2D eigenvalue weighted by atomic mass is 9.94. The number of benzene rings is 1. The highest BCUT2D eigenvalue weighted by Gasteiger charge is 2.23. The molecule has 0 radical (unpaired) electrons. The van der Waals surface area contributed by atoms with Crippen LogP contribution in [0.1, 0.15) is 30.5 Å². The average Bonchev–Trinajstić information content (AvgIpc) is 2.33. The quantitative estimate of drug-likeness (QED) is 0.845. The summed E-state index contributed by atoms with van der Waals surface area (Å²) in [5.41, 5.74) is 10.1. The van der Waals surface area contributed by atoms with Crippen molar-refractivity contribution in [3.05, 3.63) is 41.1 Å². The van der Waals surface area contributed by atoms with E-state index in [2.05, 4.69) is 36.1 Å². The van der Waals surface area contributed by atoms with Gasteiger partial charge in [0.15, 0.2) is 0 Å². The zero-order chi connectivity index (χ0) is 12.4. The van der Waals surface area contributed by atoms with Gasteiger partial charge in [0.05, 0.1) is 17.7 Å². The lowest BCUT2D eigenvalue weighted by Crippen LogP contribution is -2.28. The van der Waals surface area contributed by atoms with Crippen molar-refractivity contribution in [3.8, 4) is 6.07 Å². The minimum absolute atomic E-state index is 0.289. The number of aryl methyl sites for hydroxylation is 1. The number of anilines is 1. The summed E-state index contributed by atoms with van der Waals surface area (Å²) in [5, 5.41) is 9.12. The smallest absolute Gasteiger partial charge is 0.0982 e. The minimum atomic E-state index is -0.289. The molecule has 0 aliphatic carbocycles. The Kier molecular flexibility index (Phi) is 3.16. The van der Waals surface area contributed by atoms with Crippen molar-refractivity contribution >= 4 is 5.69 Å². The van der Waals surface area contributed by atoms with E-state index < -0.39 is 0 Å². The molecular formula is C14H17N3. The van der Waals surface area contributed by atoms with E-state index in [0.717, 1.165) is 24.2 Å². The molecule has 1 aromatic rings. The van der Waals surface area contributed by atoms with Gasteiger partial charge in [-0.1, -0.05) is 24.6 Å². The van der Waals surface area contributed by atoms with Crippen molar-refractivity contribution in [3.63, 3.8) is 0 Å².